The number of nitrogens with one attached hydrogen (secondary N) is 1. The Morgan fingerprint density at radius 3 is 2.46 bits per heavy atom. The van der Waals surface area contributed by atoms with E-state index >= 15 is 0 Å². The van der Waals surface area contributed by atoms with E-state index in [4.69, 9.17) is 14.2 Å². The fraction of sp³-hybridized carbons (Fsp3) is 0.185. The number of hydrogen-bond acceptors (Lipinski definition) is 6. The molecule has 180 valence electrons. The fourth-order valence-corrected chi connectivity index (χ4v) is 4.57. The van der Waals surface area contributed by atoms with Gasteiger partial charge in [-0.05, 0) is 79.2 Å². The lowest BCUT2D eigenvalue weighted by molar-refractivity contribution is -0.115. The van der Waals surface area contributed by atoms with Crippen LogP contribution in [0.1, 0.15) is 23.6 Å². The summed E-state index contributed by atoms with van der Waals surface area (Å²) in [7, 11) is 1.59. The molecule has 35 heavy (non-hydrogen) atoms. The smallest absolute Gasteiger partial charge is 0.264 e. The third kappa shape index (κ3) is 6.46. The SMILES string of the molecule is CCOc1ccc(N=C2NC(=O)/C(=C\c3cc(OC)c(OCc4ccc(C)cc4)cc3Br)S2)cc1. The number of ether oxygens (including phenoxy) is 3. The van der Waals surface area contributed by atoms with Crippen LogP contribution in [0, 0.1) is 6.92 Å². The number of methoxy groups -OCH3 is 1. The second kappa shape index (κ2) is 11.5. The van der Waals surface area contributed by atoms with E-state index in [1.807, 2.05) is 55.5 Å². The third-order valence-corrected chi connectivity index (χ3v) is 6.71. The molecule has 0 atom stereocenters. The van der Waals surface area contributed by atoms with Crippen molar-refractivity contribution in [1.29, 1.82) is 0 Å². The molecule has 0 saturated carbocycles. The summed E-state index contributed by atoms with van der Waals surface area (Å²) in [5.41, 5.74) is 3.80. The minimum absolute atomic E-state index is 0.203. The van der Waals surface area contributed by atoms with Crippen molar-refractivity contribution in [3.8, 4) is 17.2 Å². The second-order valence-electron chi connectivity index (χ2n) is 7.71. The van der Waals surface area contributed by atoms with Crippen LogP contribution in [0.3, 0.4) is 0 Å². The highest BCUT2D eigenvalue weighted by molar-refractivity contribution is 9.10. The maximum absolute atomic E-state index is 12.6. The Morgan fingerprint density at radius 1 is 1.03 bits per heavy atom. The summed E-state index contributed by atoms with van der Waals surface area (Å²) in [4.78, 5) is 17.6. The molecule has 8 heteroatoms. The lowest BCUT2D eigenvalue weighted by Gasteiger charge is -2.13. The molecule has 1 saturated heterocycles. The molecule has 1 aliphatic heterocycles. The Bertz CT molecular complexity index is 1270. The quantitative estimate of drug-likeness (QED) is 0.317. The Hall–Kier alpha value is -3.23. The molecule has 0 unspecified atom stereocenters. The molecule has 1 heterocycles. The molecule has 3 aromatic rings. The molecule has 1 N–H and O–H groups in total. The number of halogens is 1. The van der Waals surface area contributed by atoms with Gasteiger partial charge in [-0.2, -0.15) is 0 Å². The molecule has 1 fully saturated rings. The van der Waals surface area contributed by atoms with Crippen LogP contribution >= 0.6 is 27.7 Å². The molecule has 0 aromatic heterocycles. The van der Waals surface area contributed by atoms with Crippen molar-refractivity contribution in [1.82, 2.24) is 5.32 Å². The number of nitrogens with zero attached hydrogens (tertiary/aromatic N) is 1. The van der Waals surface area contributed by atoms with Gasteiger partial charge in [0.15, 0.2) is 16.7 Å². The molecular formula is C27H25BrN2O4S. The van der Waals surface area contributed by atoms with Gasteiger partial charge in [0.25, 0.3) is 5.91 Å². The van der Waals surface area contributed by atoms with Crippen molar-refractivity contribution in [2.75, 3.05) is 13.7 Å². The Labute approximate surface area is 217 Å². The van der Waals surface area contributed by atoms with Crippen molar-refractivity contribution < 1.29 is 19.0 Å². The molecule has 3 aromatic carbocycles. The number of amidine groups is 1. The van der Waals surface area contributed by atoms with Gasteiger partial charge in [0.05, 0.1) is 24.3 Å². The average Bonchev–Trinajstić information content (AvgIpc) is 3.19. The number of carbonyl (C=O) groups excluding carboxylic acids is 1. The molecule has 1 aliphatic rings. The van der Waals surface area contributed by atoms with Crippen LogP contribution in [0.5, 0.6) is 17.2 Å². The number of aliphatic imine (C=N–C) groups is 1. The van der Waals surface area contributed by atoms with Crippen molar-refractivity contribution in [2.45, 2.75) is 20.5 Å². The zero-order valence-electron chi connectivity index (χ0n) is 19.6. The largest absolute Gasteiger partial charge is 0.494 e. The van der Waals surface area contributed by atoms with Gasteiger partial charge in [0.1, 0.15) is 12.4 Å². The van der Waals surface area contributed by atoms with Crippen LogP contribution in [-0.2, 0) is 11.4 Å². The van der Waals surface area contributed by atoms with Gasteiger partial charge < -0.3 is 19.5 Å². The van der Waals surface area contributed by atoms with Crippen LogP contribution in [0.25, 0.3) is 6.08 Å². The summed E-state index contributed by atoms with van der Waals surface area (Å²) in [6, 6.07) is 19.3. The summed E-state index contributed by atoms with van der Waals surface area (Å²) in [5, 5.41) is 3.34. The normalized spacial score (nSPS) is 15.4. The minimum atomic E-state index is -0.203. The zero-order valence-corrected chi connectivity index (χ0v) is 22.0. The lowest BCUT2D eigenvalue weighted by Crippen LogP contribution is -2.19. The molecule has 0 radical (unpaired) electrons. The highest BCUT2D eigenvalue weighted by Gasteiger charge is 2.24. The van der Waals surface area contributed by atoms with Crippen LogP contribution in [0.15, 0.2) is 75.0 Å². The fourth-order valence-electron chi connectivity index (χ4n) is 3.30. The summed E-state index contributed by atoms with van der Waals surface area (Å²) >= 11 is 4.88. The van der Waals surface area contributed by atoms with Crippen molar-refractivity contribution in [3.63, 3.8) is 0 Å². The number of carbonyl (C=O) groups is 1. The highest BCUT2D eigenvalue weighted by Crippen LogP contribution is 2.37. The molecule has 0 spiro atoms. The summed E-state index contributed by atoms with van der Waals surface area (Å²) in [6.45, 7) is 5.02. The first-order chi connectivity index (χ1) is 16.9. The lowest BCUT2D eigenvalue weighted by atomic mass is 10.1. The zero-order chi connectivity index (χ0) is 24.8. The van der Waals surface area contributed by atoms with Gasteiger partial charge in [0, 0.05) is 4.47 Å². The monoisotopic (exact) mass is 552 g/mol. The van der Waals surface area contributed by atoms with Gasteiger partial charge in [-0.25, -0.2) is 4.99 Å². The molecule has 0 bridgehead atoms. The van der Waals surface area contributed by atoms with Crippen molar-refractivity contribution in [2.24, 2.45) is 4.99 Å². The maximum atomic E-state index is 12.6. The Kier molecular flexibility index (Phi) is 8.15. The number of aryl methyl sites for hydroxylation is 1. The summed E-state index contributed by atoms with van der Waals surface area (Å²) in [5.74, 6) is 1.78. The van der Waals surface area contributed by atoms with E-state index in [1.165, 1.54) is 17.3 Å². The Morgan fingerprint density at radius 2 is 1.77 bits per heavy atom. The van der Waals surface area contributed by atoms with Gasteiger partial charge in [-0.3, -0.25) is 4.79 Å². The van der Waals surface area contributed by atoms with Crippen molar-refractivity contribution in [3.05, 3.63) is 86.7 Å². The molecule has 4 rings (SSSR count). The summed E-state index contributed by atoms with van der Waals surface area (Å²) in [6.07, 6.45) is 1.80. The van der Waals surface area contributed by atoms with Gasteiger partial charge in [-0.1, -0.05) is 45.8 Å². The van der Waals surface area contributed by atoms with E-state index in [-0.39, 0.29) is 5.91 Å². The van der Waals surface area contributed by atoms with E-state index in [1.54, 1.807) is 13.2 Å². The molecule has 6 nitrogen and oxygen atoms in total. The third-order valence-electron chi connectivity index (χ3n) is 5.11. The first-order valence-corrected chi connectivity index (χ1v) is 12.6. The van der Waals surface area contributed by atoms with Gasteiger partial charge >= 0.3 is 0 Å². The summed E-state index contributed by atoms with van der Waals surface area (Å²) < 4.78 is 17.8. The Balaban J connectivity index is 1.50. The predicted octanol–water partition coefficient (Wildman–Crippen LogP) is 6.64. The average molecular weight is 553 g/mol. The van der Waals surface area contributed by atoms with E-state index in [9.17, 15) is 4.79 Å². The van der Waals surface area contributed by atoms with Crippen LogP contribution in [0.2, 0.25) is 0 Å². The van der Waals surface area contributed by atoms with Gasteiger partial charge in [-0.15, -0.1) is 0 Å². The first kappa shape index (κ1) is 24.9. The van der Waals surface area contributed by atoms with E-state index in [2.05, 4.69) is 45.3 Å². The predicted molar refractivity (Wildman–Crippen MR) is 145 cm³/mol. The van der Waals surface area contributed by atoms with Gasteiger partial charge in [0.2, 0.25) is 0 Å². The number of thioether (sulfide) groups is 1. The maximum Gasteiger partial charge on any atom is 0.264 e. The van der Waals surface area contributed by atoms with Crippen molar-refractivity contribution >= 4 is 50.5 Å². The second-order valence-corrected chi connectivity index (χ2v) is 9.59. The molecular weight excluding hydrogens is 528 g/mol. The van der Waals surface area contributed by atoms with Crippen LogP contribution in [-0.4, -0.2) is 24.8 Å². The number of benzene rings is 3. The van der Waals surface area contributed by atoms with E-state index in [0.29, 0.717) is 34.8 Å². The minimum Gasteiger partial charge on any atom is -0.494 e. The molecule has 0 aliphatic carbocycles. The standard InChI is InChI=1S/C27H25BrN2O4S/c1-4-33-21-11-9-20(10-12-21)29-27-30-26(31)25(35-27)14-19-13-23(32-3)24(15-22(19)28)34-16-18-7-5-17(2)6-8-18/h5-15H,4,16H2,1-3H3,(H,29,30,31)/b25-14+. The number of rotatable bonds is 8. The highest BCUT2D eigenvalue weighted by atomic mass is 79.9. The number of hydrogen-bond donors (Lipinski definition) is 1. The van der Waals surface area contributed by atoms with E-state index < -0.39 is 0 Å². The van der Waals surface area contributed by atoms with Crippen LogP contribution < -0.4 is 19.5 Å². The topological polar surface area (TPSA) is 69.2 Å². The number of amides is 1. The van der Waals surface area contributed by atoms with E-state index in [0.717, 1.165) is 27.0 Å². The first-order valence-electron chi connectivity index (χ1n) is 11.0. The molecule has 1 amide bonds. The van der Waals surface area contributed by atoms with Crippen LogP contribution in [0.4, 0.5) is 5.69 Å².